The molecule has 0 fully saturated rings. The summed E-state index contributed by atoms with van der Waals surface area (Å²) in [7, 11) is 0. The number of furan rings is 1. The number of hydrogen-bond acceptors (Lipinski definition) is 3. The summed E-state index contributed by atoms with van der Waals surface area (Å²) in [6, 6.07) is 18.6. The molecule has 1 aromatic heterocycles. The van der Waals surface area contributed by atoms with Gasteiger partial charge in [0.25, 0.3) is 0 Å². The number of benzene rings is 3. The third-order valence-corrected chi connectivity index (χ3v) is 3.69. The molecule has 102 valence electrons. The maximum atomic E-state index is 9.69. The quantitative estimate of drug-likeness (QED) is 0.497. The van der Waals surface area contributed by atoms with Gasteiger partial charge in [0.15, 0.2) is 11.5 Å². The molecule has 0 saturated carbocycles. The molecule has 0 amide bonds. The molecule has 0 radical (unpaired) electrons. The summed E-state index contributed by atoms with van der Waals surface area (Å²) < 4.78 is 5.96. The molecule has 3 aromatic carbocycles. The van der Waals surface area contributed by atoms with E-state index in [4.69, 9.17) is 4.42 Å². The average molecular weight is 276 g/mol. The van der Waals surface area contributed by atoms with Gasteiger partial charge in [0, 0.05) is 16.3 Å². The minimum atomic E-state index is -0.138. The van der Waals surface area contributed by atoms with Crippen molar-refractivity contribution < 1.29 is 14.6 Å². The first kappa shape index (κ1) is 11.9. The SMILES string of the molecule is Oc1ccc(-c2cccc3c2oc2ccccc23)cc1O. The second-order valence-electron chi connectivity index (χ2n) is 4.98. The predicted octanol–water partition coefficient (Wildman–Crippen LogP) is 4.66. The van der Waals surface area contributed by atoms with Crippen LogP contribution in [-0.4, -0.2) is 10.2 Å². The summed E-state index contributed by atoms with van der Waals surface area (Å²) >= 11 is 0. The fraction of sp³-hybridized carbons (Fsp3) is 0. The number of rotatable bonds is 1. The summed E-state index contributed by atoms with van der Waals surface area (Å²) in [4.78, 5) is 0. The summed E-state index contributed by atoms with van der Waals surface area (Å²) in [5.41, 5.74) is 3.31. The Balaban J connectivity index is 2.06. The molecule has 1 heterocycles. The van der Waals surface area contributed by atoms with Crippen LogP contribution in [0.5, 0.6) is 11.5 Å². The second-order valence-corrected chi connectivity index (χ2v) is 4.98. The van der Waals surface area contributed by atoms with Gasteiger partial charge in [-0.25, -0.2) is 0 Å². The van der Waals surface area contributed by atoms with E-state index in [1.54, 1.807) is 6.07 Å². The number of aromatic hydroxyl groups is 2. The summed E-state index contributed by atoms with van der Waals surface area (Å²) in [6.07, 6.45) is 0. The van der Waals surface area contributed by atoms with Crippen LogP contribution in [0, 0.1) is 0 Å². The van der Waals surface area contributed by atoms with Crippen LogP contribution >= 0.6 is 0 Å². The van der Waals surface area contributed by atoms with Crippen LogP contribution in [0.25, 0.3) is 33.1 Å². The molecular weight excluding hydrogens is 264 g/mol. The highest BCUT2D eigenvalue weighted by atomic mass is 16.3. The first-order valence-electron chi connectivity index (χ1n) is 6.66. The van der Waals surface area contributed by atoms with Crippen LogP contribution in [0.15, 0.2) is 65.1 Å². The highest BCUT2D eigenvalue weighted by Crippen LogP contribution is 2.37. The van der Waals surface area contributed by atoms with E-state index in [-0.39, 0.29) is 11.5 Å². The molecule has 4 aromatic rings. The van der Waals surface area contributed by atoms with E-state index in [9.17, 15) is 10.2 Å². The standard InChI is InChI=1S/C18H12O3/c19-15-9-8-11(10-16(15)20)12-5-3-6-14-13-4-1-2-7-17(13)21-18(12)14/h1-10,19-20H. The Morgan fingerprint density at radius 3 is 2.38 bits per heavy atom. The third-order valence-electron chi connectivity index (χ3n) is 3.69. The average Bonchev–Trinajstić information content (AvgIpc) is 2.89. The van der Waals surface area contributed by atoms with Gasteiger partial charge in [0.1, 0.15) is 11.2 Å². The lowest BCUT2D eigenvalue weighted by Crippen LogP contribution is -1.79. The summed E-state index contributed by atoms with van der Waals surface area (Å²) in [5.74, 6) is -0.267. The van der Waals surface area contributed by atoms with Crippen molar-refractivity contribution >= 4 is 21.9 Å². The molecule has 0 aliphatic rings. The number of para-hydroxylation sites is 2. The van der Waals surface area contributed by atoms with Crippen molar-refractivity contribution in [2.75, 3.05) is 0 Å². The van der Waals surface area contributed by atoms with Crippen molar-refractivity contribution in [3.63, 3.8) is 0 Å². The van der Waals surface area contributed by atoms with Crippen molar-refractivity contribution in [1.82, 2.24) is 0 Å². The van der Waals surface area contributed by atoms with Gasteiger partial charge in [-0.1, -0.05) is 42.5 Å². The Bertz CT molecular complexity index is 967. The predicted molar refractivity (Wildman–Crippen MR) is 82.5 cm³/mol. The van der Waals surface area contributed by atoms with E-state index in [1.165, 1.54) is 12.1 Å². The minimum Gasteiger partial charge on any atom is -0.504 e. The molecule has 3 heteroatoms. The topological polar surface area (TPSA) is 53.6 Å². The number of fused-ring (bicyclic) bond motifs is 3. The highest BCUT2D eigenvalue weighted by Gasteiger charge is 2.12. The molecule has 4 rings (SSSR count). The Morgan fingerprint density at radius 1 is 0.714 bits per heavy atom. The smallest absolute Gasteiger partial charge is 0.158 e. The number of phenols is 2. The van der Waals surface area contributed by atoms with Crippen molar-refractivity contribution in [3.05, 3.63) is 60.7 Å². The Morgan fingerprint density at radius 2 is 1.52 bits per heavy atom. The highest BCUT2D eigenvalue weighted by molar-refractivity contribution is 6.09. The molecule has 0 saturated heterocycles. The van der Waals surface area contributed by atoms with E-state index < -0.39 is 0 Å². The second kappa shape index (κ2) is 4.28. The van der Waals surface area contributed by atoms with E-state index in [2.05, 4.69) is 0 Å². The summed E-state index contributed by atoms with van der Waals surface area (Å²) in [6.45, 7) is 0. The van der Waals surface area contributed by atoms with Crippen molar-refractivity contribution in [3.8, 4) is 22.6 Å². The van der Waals surface area contributed by atoms with E-state index in [0.717, 1.165) is 33.1 Å². The van der Waals surface area contributed by atoms with Gasteiger partial charge in [-0.2, -0.15) is 0 Å². The Kier molecular flexibility index (Phi) is 2.42. The molecule has 0 bridgehead atoms. The van der Waals surface area contributed by atoms with Gasteiger partial charge in [-0.15, -0.1) is 0 Å². The zero-order valence-corrected chi connectivity index (χ0v) is 11.1. The number of phenolic OH excluding ortho intramolecular Hbond substituents is 2. The maximum Gasteiger partial charge on any atom is 0.158 e. The van der Waals surface area contributed by atoms with Crippen LogP contribution in [0.1, 0.15) is 0 Å². The van der Waals surface area contributed by atoms with Crippen LogP contribution < -0.4 is 0 Å². The lowest BCUT2D eigenvalue weighted by Gasteiger charge is -2.04. The van der Waals surface area contributed by atoms with Gasteiger partial charge in [-0.3, -0.25) is 0 Å². The molecule has 21 heavy (non-hydrogen) atoms. The molecular formula is C18H12O3. The fourth-order valence-corrected chi connectivity index (χ4v) is 2.67. The number of hydrogen-bond donors (Lipinski definition) is 2. The Hall–Kier alpha value is -2.94. The molecule has 0 aliphatic carbocycles. The van der Waals surface area contributed by atoms with E-state index in [1.807, 2.05) is 42.5 Å². The van der Waals surface area contributed by atoms with Crippen LogP contribution in [0.2, 0.25) is 0 Å². The minimum absolute atomic E-state index is 0.129. The van der Waals surface area contributed by atoms with Crippen molar-refractivity contribution in [2.45, 2.75) is 0 Å². The molecule has 0 unspecified atom stereocenters. The normalized spacial score (nSPS) is 11.2. The molecule has 0 aliphatic heterocycles. The maximum absolute atomic E-state index is 9.69. The van der Waals surface area contributed by atoms with E-state index >= 15 is 0 Å². The zero-order chi connectivity index (χ0) is 14.4. The molecule has 3 nitrogen and oxygen atoms in total. The first-order chi connectivity index (χ1) is 10.2. The Labute approximate surface area is 120 Å². The lowest BCUT2D eigenvalue weighted by atomic mass is 10.0. The third kappa shape index (κ3) is 1.75. The fourth-order valence-electron chi connectivity index (χ4n) is 2.67. The van der Waals surface area contributed by atoms with Gasteiger partial charge in [0.2, 0.25) is 0 Å². The molecule has 0 spiro atoms. The first-order valence-corrected chi connectivity index (χ1v) is 6.66. The molecule has 0 atom stereocenters. The molecule has 2 N–H and O–H groups in total. The van der Waals surface area contributed by atoms with Crippen molar-refractivity contribution in [1.29, 1.82) is 0 Å². The van der Waals surface area contributed by atoms with Crippen LogP contribution in [0.4, 0.5) is 0 Å². The zero-order valence-electron chi connectivity index (χ0n) is 11.1. The van der Waals surface area contributed by atoms with Crippen molar-refractivity contribution in [2.24, 2.45) is 0 Å². The monoisotopic (exact) mass is 276 g/mol. The summed E-state index contributed by atoms with van der Waals surface area (Å²) in [5, 5.41) is 21.2. The van der Waals surface area contributed by atoms with Crippen LogP contribution in [-0.2, 0) is 0 Å². The lowest BCUT2D eigenvalue weighted by molar-refractivity contribution is 0.404. The van der Waals surface area contributed by atoms with Crippen LogP contribution in [0.3, 0.4) is 0 Å². The van der Waals surface area contributed by atoms with Gasteiger partial charge in [-0.05, 0) is 23.8 Å². The van der Waals surface area contributed by atoms with Gasteiger partial charge >= 0.3 is 0 Å². The van der Waals surface area contributed by atoms with E-state index in [0.29, 0.717) is 0 Å². The van der Waals surface area contributed by atoms with Gasteiger partial charge in [0.05, 0.1) is 0 Å². The largest absolute Gasteiger partial charge is 0.504 e. The van der Waals surface area contributed by atoms with Gasteiger partial charge < -0.3 is 14.6 Å².